The molecule has 3 aliphatic carbocycles. The van der Waals surface area contributed by atoms with Crippen LogP contribution in [0.25, 0.3) is 5.83 Å². The fraction of sp³-hybridized carbons (Fsp3) is 0.333. The molecule has 3 unspecified atom stereocenters. The number of hydrogen-bond donors (Lipinski definition) is 4. The van der Waals surface area contributed by atoms with Crippen LogP contribution in [0.5, 0.6) is 5.75 Å². The Labute approximate surface area is 207 Å². The maximum atomic E-state index is 14.5. The molecule has 0 spiro atoms. The lowest BCUT2D eigenvalue weighted by Crippen LogP contribution is -2.50. The lowest BCUT2D eigenvalue weighted by molar-refractivity contribution is -0.385. The summed E-state index contributed by atoms with van der Waals surface area (Å²) in [5.41, 5.74) is 1.58. The standard InChI is InChI=1S/C24H22F3N3O7/c1-7-13-11(18(29(2)3)22(34)14(7)24(28)35)5-8-4-9-10(17(25)23(26)27)6-12(30(36)37)19(31)16(9)21(33)15(8)20(13)32/h6,8,11,13,18,31-32,34H,1,4-5H2,2-3H3,(H2,28,35)/t8?,11?,13?,18-/m0/s1. The quantitative estimate of drug-likeness (QED) is 0.345. The first-order valence-electron chi connectivity index (χ1n) is 11.0. The number of nitrogens with zero attached hydrogens (tertiary/aromatic N) is 2. The maximum absolute atomic E-state index is 14.5. The van der Waals surface area contributed by atoms with Gasteiger partial charge in [-0.3, -0.25) is 24.6 Å². The molecule has 13 heteroatoms. The number of nitro groups is 1. The van der Waals surface area contributed by atoms with Crippen LogP contribution < -0.4 is 5.73 Å². The van der Waals surface area contributed by atoms with Crippen molar-refractivity contribution < 1.29 is 43.0 Å². The summed E-state index contributed by atoms with van der Waals surface area (Å²) in [6, 6.07) is -0.419. The van der Waals surface area contributed by atoms with E-state index >= 15 is 0 Å². The summed E-state index contributed by atoms with van der Waals surface area (Å²) in [7, 11) is 3.20. The number of phenolic OH excluding ortho intramolecular Hbond substituents is 1. The molecule has 0 heterocycles. The van der Waals surface area contributed by atoms with Crippen molar-refractivity contribution in [2.45, 2.75) is 18.9 Å². The molecular weight excluding hydrogens is 499 g/mol. The number of nitro benzene ring substituents is 1. The molecule has 37 heavy (non-hydrogen) atoms. The van der Waals surface area contributed by atoms with Crippen molar-refractivity contribution in [2.75, 3.05) is 14.1 Å². The number of halogens is 3. The first kappa shape index (κ1) is 25.9. The normalized spacial score (nSPS) is 25.0. The van der Waals surface area contributed by atoms with Crippen LogP contribution in [-0.4, -0.2) is 57.0 Å². The number of benzene rings is 1. The van der Waals surface area contributed by atoms with E-state index in [-0.39, 0.29) is 40.9 Å². The number of primary amides is 1. The number of phenols is 1. The topological polar surface area (TPSA) is 167 Å². The summed E-state index contributed by atoms with van der Waals surface area (Å²) in [4.78, 5) is 37.5. The fourth-order valence-electron chi connectivity index (χ4n) is 5.94. The number of carbonyl (C=O) groups excluding carboxylic acids is 2. The largest absolute Gasteiger partial charge is 0.511 e. The number of aliphatic hydroxyl groups is 2. The highest BCUT2D eigenvalue weighted by molar-refractivity contribution is 6.14. The van der Waals surface area contributed by atoms with E-state index in [2.05, 4.69) is 6.58 Å². The van der Waals surface area contributed by atoms with Gasteiger partial charge in [-0.2, -0.15) is 8.78 Å². The van der Waals surface area contributed by atoms with Gasteiger partial charge in [-0.05, 0) is 49.9 Å². The monoisotopic (exact) mass is 521 g/mol. The number of nitrogens with two attached hydrogens (primary N) is 1. The molecule has 0 bridgehead atoms. The van der Waals surface area contributed by atoms with Crippen molar-refractivity contribution >= 4 is 23.2 Å². The molecule has 4 rings (SSSR count). The number of rotatable bonds is 4. The summed E-state index contributed by atoms with van der Waals surface area (Å²) in [6.07, 6.45) is -3.05. The lowest BCUT2D eigenvalue weighted by Gasteiger charge is -2.47. The zero-order chi connectivity index (χ0) is 27.7. The molecular formula is C24H22F3N3O7. The molecule has 0 fully saturated rings. The molecule has 1 amide bonds. The number of fused-ring (bicyclic) bond motifs is 3. The number of ketones is 1. The van der Waals surface area contributed by atoms with Gasteiger partial charge < -0.3 is 21.1 Å². The van der Waals surface area contributed by atoms with Gasteiger partial charge >= 0.3 is 11.8 Å². The lowest BCUT2D eigenvalue weighted by atomic mass is 9.60. The number of allylic oxidation sites excluding steroid dienone is 2. The van der Waals surface area contributed by atoms with Crippen LogP contribution in [0.3, 0.4) is 0 Å². The second-order valence-corrected chi connectivity index (χ2v) is 9.44. The first-order chi connectivity index (χ1) is 17.2. The zero-order valence-electron chi connectivity index (χ0n) is 19.6. The highest BCUT2D eigenvalue weighted by Crippen LogP contribution is 2.54. The van der Waals surface area contributed by atoms with Crippen LogP contribution in [0.4, 0.5) is 18.9 Å². The van der Waals surface area contributed by atoms with E-state index in [0.29, 0.717) is 6.07 Å². The summed E-state index contributed by atoms with van der Waals surface area (Å²) in [5.74, 6) is -8.91. The van der Waals surface area contributed by atoms with Crippen molar-refractivity contribution in [2.24, 2.45) is 23.5 Å². The minimum Gasteiger partial charge on any atom is -0.511 e. The highest BCUT2D eigenvalue weighted by atomic mass is 19.3. The van der Waals surface area contributed by atoms with Gasteiger partial charge in [-0.15, -0.1) is 0 Å². The van der Waals surface area contributed by atoms with Crippen LogP contribution in [0.15, 0.2) is 47.0 Å². The molecule has 10 nitrogen and oxygen atoms in total. The third-order valence-electron chi connectivity index (χ3n) is 7.31. The van der Waals surface area contributed by atoms with Crippen LogP contribution in [0.1, 0.15) is 27.9 Å². The Kier molecular flexibility index (Phi) is 6.15. The first-order valence-corrected chi connectivity index (χ1v) is 11.0. The number of aromatic hydroxyl groups is 1. The summed E-state index contributed by atoms with van der Waals surface area (Å²) < 4.78 is 40.9. The SMILES string of the molecule is C=C1C(C(N)=O)=C(O)[C@@H](N(C)C)C2CC3Cc4c(C(F)=C(F)F)cc([N+](=O)[O-])c(O)c4C(=O)C3=C(O)C12. The third kappa shape index (κ3) is 3.68. The minimum absolute atomic E-state index is 0.0485. The average molecular weight is 521 g/mol. The fourth-order valence-corrected chi connectivity index (χ4v) is 5.94. The maximum Gasteiger partial charge on any atom is 0.312 e. The second kappa shape index (κ2) is 8.76. The van der Waals surface area contributed by atoms with Crippen LogP contribution in [-0.2, 0) is 11.2 Å². The van der Waals surface area contributed by atoms with E-state index in [9.17, 15) is 48.2 Å². The van der Waals surface area contributed by atoms with Crippen LogP contribution in [0.2, 0.25) is 0 Å². The molecule has 0 saturated heterocycles. The van der Waals surface area contributed by atoms with E-state index < -0.39 is 80.6 Å². The van der Waals surface area contributed by atoms with Gasteiger partial charge in [0, 0.05) is 23.1 Å². The Morgan fingerprint density at radius 3 is 2.35 bits per heavy atom. The Hall–Kier alpha value is -4.13. The van der Waals surface area contributed by atoms with Crippen molar-refractivity contribution in [3.63, 3.8) is 0 Å². The van der Waals surface area contributed by atoms with Gasteiger partial charge in [-0.25, -0.2) is 4.39 Å². The Bertz CT molecular complexity index is 1390. The molecule has 0 radical (unpaired) electrons. The molecule has 3 aliphatic rings. The Balaban J connectivity index is 1.99. The average Bonchev–Trinajstić information content (AvgIpc) is 2.77. The Morgan fingerprint density at radius 2 is 1.84 bits per heavy atom. The molecule has 1 aromatic rings. The molecule has 196 valence electrons. The van der Waals surface area contributed by atoms with Gasteiger partial charge in [0.05, 0.1) is 22.1 Å². The van der Waals surface area contributed by atoms with Crippen molar-refractivity contribution in [1.29, 1.82) is 0 Å². The minimum atomic E-state index is -2.77. The van der Waals surface area contributed by atoms with Gasteiger partial charge in [-0.1, -0.05) is 6.58 Å². The predicted octanol–water partition coefficient (Wildman–Crippen LogP) is 3.44. The van der Waals surface area contributed by atoms with Crippen molar-refractivity contribution in [3.8, 4) is 5.75 Å². The predicted molar refractivity (Wildman–Crippen MR) is 123 cm³/mol. The number of Topliss-reactive ketones (excluding diaryl/α,β-unsaturated/α-hetero) is 1. The molecule has 1 aromatic carbocycles. The van der Waals surface area contributed by atoms with Gasteiger partial charge in [0.2, 0.25) is 5.75 Å². The van der Waals surface area contributed by atoms with Gasteiger partial charge in [0.1, 0.15) is 11.5 Å². The van der Waals surface area contributed by atoms with Gasteiger partial charge in [0.25, 0.3) is 5.91 Å². The van der Waals surface area contributed by atoms with Crippen LogP contribution >= 0.6 is 0 Å². The molecule has 5 N–H and O–H groups in total. The molecule has 4 atom stereocenters. The zero-order valence-corrected chi connectivity index (χ0v) is 19.6. The summed E-state index contributed by atoms with van der Waals surface area (Å²) >= 11 is 0. The summed E-state index contributed by atoms with van der Waals surface area (Å²) in [5, 5.41) is 44.1. The van der Waals surface area contributed by atoms with E-state index in [1.165, 1.54) is 0 Å². The number of carbonyl (C=O) groups is 2. The number of aliphatic hydroxyl groups excluding tert-OH is 2. The molecule has 0 aromatic heterocycles. The smallest absolute Gasteiger partial charge is 0.312 e. The highest BCUT2D eigenvalue weighted by Gasteiger charge is 2.52. The molecule has 0 aliphatic heterocycles. The van der Waals surface area contributed by atoms with Crippen molar-refractivity contribution in [3.05, 3.63) is 73.8 Å². The van der Waals surface area contributed by atoms with Crippen LogP contribution in [0, 0.1) is 27.9 Å². The third-order valence-corrected chi connectivity index (χ3v) is 7.31. The number of amides is 1. The Morgan fingerprint density at radius 1 is 1.22 bits per heavy atom. The van der Waals surface area contributed by atoms with Crippen molar-refractivity contribution in [1.82, 2.24) is 4.90 Å². The van der Waals surface area contributed by atoms with E-state index in [4.69, 9.17) is 5.73 Å². The second-order valence-electron chi connectivity index (χ2n) is 9.44. The number of likely N-dealkylation sites (N-methyl/N-ethyl adjacent to an activating group) is 1. The molecule has 0 saturated carbocycles. The van der Waals surface area contributed by atoms with E-state index in [1.54, 1.807) is 19.0 Å². The number of hydrogen-bond acceptors (Lipinski definition) is 8. The van der Waals surface area contributed by atoms with E-state index in [0.717, 1.165) is 0 Å². The van der Waals surface area contributed by atoms with Gasteiger partial charge in [0.15, 0.2) is 11.6 Å². The van der Waals surface area contributed by atoms with E-state index in [1.807, 2.05) is 0 Å². The summed E-state index contributed by atoms with van der Waals surface area (Å²) in [6.45, 7) is 3.79.